The molecule has 0 aliphatic carbocycles. The van der Waals surface area contributed by atoms with Crippen LogP contribution in [0.4, 0.5) is 0 Å². The van der Waals surface area contributed by atoms with Gasteiger partial charge >= 0.3 is 5.97 Å². The van der Waals surface area contributed by atoms with Crippen LogP contribution in [0.2, 0.25) is 0 Å². The van der Waals surface area contributed by atoms with Crippen molar-refractivity contribution in [2.24, 2.45) is 11.1 Å². The molecule has 0 aliphatic heterocycles. The number of hydrogen-bond acceptors (Lipinski definition) is 3. The summed E-state index contributed by atoms with van der Waals surface area (Å²) in [5.74, 6) is -0.259. The Morgan fingerprint density at radius 3 is 2.10 bits per heavy atom. The predicted octanol–water partition coefficient (Wildman–Crippen LogP) is 0.566. The van der Waals surface area contributed by atoms with Crippen LogP contribution in [0.3, 0.4) is 0 Å². The molecule has 0 fully saturated rings. The fourth-order valence-electron chi connectivity index (χ4n) is 0.360. The van der Waals surface area contributed by atoms with Crippen LogP contribution in [-0.2, 0) is 9.53 Å². The average molecular weight is 168 g/mol. The van der Waals surface area contributed by atoms with E-state index in [1.54, 1.807) is 13.8 Å². The summed E-state index contributed by atoms with van der Waals surface area (Å²) in [6.45, 7) is 3.82. The van der Waals surface area contributed by atoms with Crippen molar-refractivity contribution in [2.75, 3.05) is 13.7 Å². The zero-order valence-corrected chi connectivity index (χ0v) is 7.33. The Hall–Kier alpha value is -0.280. The molecule has 0 unspecified atom stereocenters. The summed E-state index contributed by atoms with van der Waals surface area (Å²) in [7, 11) is 1.36. The van der Waals surface area contributed by atoms with Gasteiger partial charge in [-0.05, 0) is 13.8 Å². The van der Waals surface area contributed by atoms with E-state index in [9.17, 15) is 4.79 Å². The van der Waals surface area contributed by atoms with Gasteiger partial charge in [0.1, 0.15) is 0 Å². The van der Waals surface area contributed by atoms with Gasteiger partial charge in [0.25, 0.3) is 0 Å². The number of carbonyl (C=O) groups is 1. The maximum atomic E-state index is 10.8. The first-order chi connectivity index (χ1) is 4.04. The lowest BCUT2D eigenvalue weighted by Gasteiger charge is -2.17. The normalized spacial score (nSPS) is 10.0. The van der Waals surface area contributed by atoms with E-state index in [1.165, 1.54) is 7.11 Å². The Labute approximate surface area is 67.3 Å². The van der Waals surface area contributed by atoms with Crippen LogP contribution in [0.5, 0.6) is 0 Å². The zero-order chi connectivity index (χ0) is 7.49. The van der Waals surface area contributed by atoms with E-state index < -0.39 is 5.41 Å². The van der Waals surface area contributed by atoms with Gasteiger partial charge in [-0.15, -0.1) is 12.4 Å². The largest absolute Gasteiger partial charge is 0.469 e. The second-order valence-corrected chi connectivity index (χ2v) is 2.58. The van der Waals surface area contributed by atoms with Gasteiger partial charge in [-0.25, -0.2) is 0 Å². The van der Waals surface area contributed by atoms with Crippen LogP contribution < -0.4 is 5.73 Å². The minimum Gasteiger partial charge on any atom is -0.469 e. The summed E-state index contributed by atoms with van der Waals surface area (Å²) < 4.78 is 4.49. The summed E-state index contributed by atoms with van der Waals surface area (Å²) in [6.07, 6.45) is 0. The van der Waals surface area contributed by atoms with Crippen molar-refractivity contribution in [3.8, 4) is 0 Å². The van der Waals surface area contributed by atoms with Crippen LogP contribution in [0.1, 0.15) is 13.8 Å². The van der Waals surface area contributed by atoms with Gasteiger partial charge in [0.2, 0.25) is 0 Å². The quantitative estimate of drug-likeness (QED) is 0.612. The predicted molar refractivity (Wildman–Crippen MR) is 42.1 cm³/mol. The highest BCUT2D eigenvalue weighted by molar-refractivity contribution is 5.85. The van der Waals surface area contributed by atoms with E-state index in [2.05, 4.69) is 4.74 Å². The number of nitrogens with two attached hydrogens (primary N) is 1. The standard InChI is InChI=1S/C6H13NO2.ClH/c1-6(2,4-7)5(8)9-3;/h4,7H2,1-3H3;1H. The Morgan fingerprint density at radius 1 is 1.60 bits per heavy atom. The fraction of sp³-hybridized carbons (Fsp3) is 0.833. The summed E-state index contributed by atoms with van der Waals surface area (Å²) in [6, 6.07) is 0. The summed E-state index contributed by atoms with van der Waals surface area (Å²) in [5, 5.41) is 0. The maximum Gasteiger partial charge on any atom is 0.312 e. The average Bonchev–Trinajstić information content (AvgIpc) is 1.86. The fourth-order valence-corrected chi connectivity index (χ4v) is 0.360. The number of esters is 1. The van der Waals surface area contributed by atoms with Gasteiger partial charge in [-0.2, -0.15) is 0 Å². The number of rotatable bonds is 2. The maximum absolute atomic E-state index is 10.8. The topological polar surface area (TPSA) is 52.3 Å². The smallest absolute Gasteiger partial charge is 0.312 e. The van der Waals surface area contributed by atoms with Crippen LogP contribution in [0.25, 0.3) is 0 Å². The Balaban J connectivity index is 0. The molecule has 0 aliphatic rings. The number of halogens is 1. The van der Waals surface area contributed by atoms with Crippen molar-refractivity contribution < 1.29 is 9.53 Å². The molecule has 0 atom stereocenters. The molecule has 0 aromatic heterocycles. The molecule has 0 spiro atoms. The Kier molecular flexibility index (Phi) is 5.61. The van der Waals surface area contributed by atoms with Crippen molar-refractivity contribution in [1.29, 1.82) is 0 Å². The van der Waals surface area contributed by atoms with E-state index in [-0.39, 0.29) is 18.4 Å². The molecule has 0 saturated heterocycles. The van der Waals surface area contributed by atoms with Crippen molar-refractivity contribution in [3.05, 3.63) is 0 Å². The molecule has 4 heteroatoms. The minimum atomic E-state index is -0.533. The molecule has 10 heavy (non-hydrogen) atoms. The van der Waals surface area contributed by atoms with Gasteiger partial charge < -0.3 is 10.5 Å². The molecule has 0 saturated carbocycles. The second kappa shape index (κ2) is 4.52. The highest BCUT2D eigenvalue weighted by Crippen LogP contribution is 2.13. The van der Waals surface area contributed by atoms with Gasteiger partial charge in [-0.3, -0.25) is 4.79 Å². The lowest BCUT2D eigenvalue weighted by molar-refractivity contribution is -0.150. The molecule has 3 nitrogen and oxygen atoms in total. The summed E-state index contributed by atoms with van der Waals surface area (Å²) >= 11 is 0. The SMILES string of the molecule is COC(=O)C(C)(C)CN.Cl. The van der Waals surface area contributed by atoms with E-state index >= 15 is 0 Å². The molecule has 0 aromatic carbocycles. The molecular formula is C6H14ClNO2. The first-order valence-electron chi connectivity index (χ1n) is 2.83. The first kappa shape index (κ1) is 12.4. The molecule has 62 valence electrons. The molecule has 0 aromatic rings. The highest BCUT2D eigenvalue weighted by atomic mass is 35.5. The van der Waals surface area contributed by atoms with Crippen molar-refractivity contribution in [2.45, 2.75) is 13.8 Å². The third-order valence-corrected chi connectivity index (χ3v) is 1.25. The number of carbonyl (C=O) groups excluding carboxylic acids is 1. The first-order valence-corrected chi connectivity index (χ1v) is 2.83. The van der Waals surface area contributed by atoms with Crippen molar-refractivity contribution >= 4 is 18.4 Å². The van der Waals surface area contributed by atoms with Gasteiger partial charge in [0, 0.05) is 6.54 Å². The number of ether oxygens (including phenoxy) is 1. The number of methoxy groups -OCH3 is 1. The van der Waals surface area contributed by atoms with Gasteiger partial charge in [-0.1, -0.05) is 0 Å². The number of hydrogen-bond donors (Lipinski definition) is 1. The van der Waals surface area contributed by atoms with E-state index in [1.807, 2.05) is 0 Å². The van der Waals surface area contributed by atoms with Crippen LogP contribution in [0.15, 0.2) is 0 Å². The molecular weight excluding hydrogens is 154 g/mol. The monoisotopic (exact) mass is 167 g/mol. The summed E-state index contributed by atoms with van der Waals surface area (Å²) in [4.78, 5) is 10.8. The third kappa shape index (κ3) is 3.03. The van der Waals surface area contributed by atoms with Gasteiger partial charge in [0.15, 0.2) is 0 Å². The molecule has 0 bridgehead atoms. The third-order valence-electron chi connectivity index (χ3n) is 1.25. The van der Waals surface area contributed by atoms with E-state index in [0.717, 1.165) is 0 Å². The van der Waals surface area contributed by atoms with Crippen molar-refractivity contribution in [3.63, 3.8) is 0 Å². The zero-order valence-electron chi connectivity index (χ0n) is 6.51. The second-order valence-electron chi connectivity index (χ2n) is 2.58. The van der Waals surface area contributed by atoms with E-state index in [0.29, 0.717) is 6.54 Å². The molecule has 2 N–H and O–H groups in total. The Morgan fingerprint density at radius 2 is 2.00 bits per heavy atom. The highest BCUT2D eigenvalue weighted by Gasteiger charge is 2.26. The van der Waals surface area contributed by atoms with Crippen molar-refractivity contribution in [1.82, 2.24) is 0 Å². The lowest BCUT2D eigenvalue weighted by Crippen LogP contribution is -2.33. The van der Waals surface area contributed by atoms with Gasteiger partial charge in [0.05, 0.1) is 12.5 Å². The molecule has 0 heterocycles. The molecule has 0 rings (SSSR count). The van der Waals surface area contributed by atoms with E-state index in [4.69, 9.17) is 5.73 Å². The van der Waals surface area contributed by atoms with Crippen LogP contribution in [-0.4, -0.2) is 19.6 Å². The Bertz CT molecular complexity index is 114. The van der Waals surface area contributed by atoms with Crippen LogP contribution in [0, 0.1) is 5.41 Å². The minimum absolute atomic E-state index is 0. The van der Waals surface area contributed by atoms with Crippen LogP contribution >= 0.6 is 12.4 Å². The molecule has 0 amide bonds. The molecule has 0 radical (unpaired) electrons. The summed E-state index contributed by atoms with van der Waals surface area (Å²) in [5.41, 5.74) is 4.75. The lowest BCUT2D eigenvalue weighted by atomic mass is 9.94.